The van der Waals surface area contributed by atoms with Gasteiger partial charge in [0, 0.05) is 22.9 Å². The number of nitrogens with one attached hydrogen (secondary N) is 1. The Bertz CT molecular complexity index is 1240. The number of morpholine rings is 1. The Kier molecular flexibility index (Phi) is 7.89. The fourth-order valence-electron chi connectivity index (χ4n) is 3.48. The molecule has 0 aliphatic carbocycles. The summed E-state index contributed by atoms with van der Waals surface area (Å²) >= 11 is 1.56. The van der Waals surface area contributed by atoms with Gasteiger partial charge in [-0.2, -0.15) is 4.31 Å². The summed E-state index contributed by atoms with van der Waals surface area (Å²) in [7, 11) is -3.59. The van der Waals surface area contributed by atoms with Crippen molar-refractivity contribution in [1.82, 2.24) is 4.31 Å². The van der Waals surface area contributed by atoms with E-state index >= 15 is 0 Å². The van der Waals surface area contributed by atoms with Crippen LogP contribution in [0.4, 0.5) is 5.69 Å². The number of benzene rings is 3. The van der Waals surface area contributed by atoms with E-state index in [4.69, 9.17) is 9.47 Å². The molecule has 1 aliphatic rings. The minimum atomic E-state index is -3.59. The zero-order valence-corrected chi connectivity index (χ0v) is 20.4. The first-order chi connectivity index (χ1) is 16.4. The maximum Gasteiger partial charge on any atom is 0.262 e. The second kappa shape index (κ2) is 11.1. The molecule has 1 N–H and O–H groups in total. The van der Waals surface area contributed by atoms with Crippen LogP contribution in [0.5, 0.6) is 5.75 Å². The van der Waals surface area contributed by atoms with Crippen molar-refractivity contribution in [3.63, 3.8) is 0 Å². The van der Waals surface area contributed by atoms with Crippen LogP contribution >= 0.6 is 11.8 Å². The van der Waals surface area contributed by atoms with Crippen LogP contribution in [0.2, 0.25) is 0 Å². The number of amides is 1. The van der Waals surface area contributed by atoms with E-state index in [0.717, 1.165) is 9.79 Å². The summed E-state index contributed by atoms with van der Waals surface area (Å²) in [5.74, 6) is 0.161. The van der Waals surface area contributed by atoms with Gasteiger partial charge in [-0.1, -0.05) is 42.1 Å². The van der Waals surface area contributed by atoms with E-state index in [-0.39, 0.29) is 17.4 Å². The number of rotatable bonds is 8. The average molecular weight is 499 g/mol. The van der Waals surface area contributed by atoms with E-state index < -0.39 is 10.0 Å². The van der Waals surface area contributed by atoms with E-state index in [9.17, 15) is 13.2 Å². The third-order valence-electron chi connectivity index (χ3n) is 5.25. The van der Waals surface area contributed by atoms with Crippen molar-refractivity contribution in [1.29, 1.82) is 0 Å². The van der Waals surface area contributed by atoms with Crippen molar-refractivity contribution in [2.24, 2.45) is 0 Å². The Labute approximate surface area is 204 Å². The lowest BCUT2D eigenvalue weighted by molar-refractivity contribution is -0.118. The predicted octanol–water partition coefficient (Wildman–Crippen LogP) is 4.18. The molecule has 0 spiro atoms. The van der Waals surface area contributed by atoms with Crippen LogP contribution in [-0.4, -0.2) is 51.5 Å². The summed E-state index contributed by atoms with van der Waals surface area (Å²) in [4.78, 5) is 14.8. The standard InChI is InChI=1S/C25H26N2O5S2/c1-19-17-21(34(29,30)27-13-15-31-16-14-27)11-12-23(19)32-18-25(28)26-22-9-5-6-10-24(22)33-20-7-3-2-4-8-20/h2-12,17H,13-16,18H2,1H3,(H,26,28). The molecule has 9 heteroatoms. The van der Waals surface area contributed by atoms with Crippen molar-refractivity contribution in [2.75, 3.05) is 38.2 Å². The Morgan fingerprint density at radius 1 is 1.03 bits per heavy atom. The summed E-state index contributed by atoms with van der Waals surface area (Å²) in [6, 6.07) is 22.2. The number of hydrogen-bond acceptors (Lipinski definition) is 6. The van der Waals surface area contributed by atoms with Gasteiger partial charge in [-0.15, -0.1) is 0 Å². The van der Waals surface area contributed by atoms with Gasteiger partial charge >= 0.3 is 0 Å². The zero-order chi connectivity index (χ0) is 24.0. The molecule has 178 valence electrons. The third-order valence-corrected chi connectivity index (χ3v) is 8.22. The lowest BCUT2D eigenvalue weighted by atomic mass is 10.2. The Morgan fingerprint density at radius 2 is 1.74 bits per heavy atom. The van der Waals surface area contributed by atoms with Crippen LogP contribution in [0.25, 0.3) is 0 Å². The van der Waals surface area contributed by atoms with Crippen molar-refractivity contribution in [3.05, 3.63) is 78.4 Å². The molecule has 1 saturated heterocycles. The number of carbonyl (C=O) groups is 1. The molecule has 3 aromatic carbocycles. The summed E-state index contributed by atoms with van der Waals surface area (Å²) in [6.45, 7) is 3.02. The molecule has 7 nitrogen and oxygen atoms in total. The quantitative estimate of drug-likeness (QED) is 0.502. The molecule has 34 heavy (non-hydrogen) atoms. The SMILES string of the molecule is Cc1cc(S(=O)(=O)N2CCOCC2)ccc1OCC(=O)Nc1ccccc1Sc1ccccc1. The topological polar surface area (TPSA) is 84.9 Å². The first-order valence-electron chi connectivity index (χ1n) is 10.9. The fraction of sp³-hybridized carbons (Fsp3) is 0.240. The lowest BCUT2D eigenvalue weighted by Crippen LogP contribution is -2.40. The summed E-state index contributed by atoms with van der Waals surface area (Å²) in [6.07, 6.45) is 0. The summed E-state index contributed by atoms with van der Waals surface area (Å²) < 4.78 is 38.1. The van der Waals surface area contributed by atoms with Crippen molar-refractivity contribution in [2.45, 2.75) is 21.6 Å². The maximum absolute atomic E-state index is 12.8. The number of carbonyl (C=O) groups excluding carboxylic acids is 1. The maximum atomic E-state index is 12.8. The molecule has 0 bridgehead atoms. The van der Waals surface area contributed by atoms with Crippen LogP contribution in [0.3, 0.4) is 0 Å². The Hall–Kier alpha value is -2.85. The molecule has 0 aromatic heterocycles. The number of sulfonamides is 1. The van der Waals surface area contributed by atoms with Gasteiger partial charge in [-0.05, 0) is 55.0 Å². The highest BCUT2D eigenvalue weighted by atomic mass is 32.2. The molecule has 1 heterocycles. The van der Waals surface area contributed by atoms with Crippen LogP contribution < -0.4 is 10.1 Å². The molecule has 0 atom stereocenters. The molecule has 1 aliphatic heterocycles. The van der Waals surface area contributed by atoms with Gasteiger partial charge in [0.25, 0.3) is 5.91 Å². The van der Waals surface area contributed by atoms with Crippen molar-refractivity contribution < 1.29 is 22.7 Å². The second-order valence-corrected chi connectivity index (χ2v) is 10.7. The van der Waals surface area contributed by atoms with E-state index in [0.29, 0.717) is 43.3 Å². The van der Waals surface area contributed by atoms with Gasteiger partial charge in [0.05, 0.1) is 23.8 Å². The first kappa shape index (κ1) is 24.3. The minimum Gasteiger partial charge on any atom is -0.483 e. The van der Waals surface area contributed by atoms with Crippen molar-refractivity contribution >= 4 is 33.4 Å². The van der Waals surface area contributed by atoms with E-state index in [1.807, 2.05) is 54.6 Å². The molecule has 4 rings (SSSR count). The normalized spacial score (nSPS) is 14.5. The zero-order valence-electron chi connectivity index (χ0n) is 18.8. The molecule has 1 amide bonds. The number of hydrogen-bond donors (Lipinski definition) is 1. The molecular weight excluding hydrogens is 472 g/mol. The molecular formula is C25H26N2O5S2. The fourth-order valence-corrected chi connectivity index (χ4v) is 5.90. The van der Waals surface area contributed by atoms with Gasteiger partial charge in [0.2, 0.25) is 10.0 Å². The largest absolute Gasteiger partial charge is 0.483 e. The molecule has 0 radical (unpaired) electrons. The summed E-state index contributed by atoms with van der Waals surface area (Å²) in [5, 5.41) is 2.90. The van der Waals surface area contributed by atoms with E-state index in [1.165, 1.54) is 10.4 Å². The second-order valence-electron chi connectivity index (χ2n) is 7.69. The number of ether oxygens (including phenoxy) is 2. The molecule has 0 unspecified atom stereocenters. The average Bonchev–Trinajstić information content (AvgIpc) is 2.85. The van der Waals surface area contributed by atoms with Gasteiger partial charge in [0.15, 0.2) is 6.61 Å². The van der Waals surface area contributed by atoms with Crippen LogP contribution in [0, 0.1) is 6.92 Å². The number of anilines is 1. The smallest absolute Gasteiger partial charge is 0.262 e. The van der Waals surface area contributed by atoms with Crippen LogP contribution in [0.1, 0.15) is 5.56 Å². The van der Waals surface area contributed by atoms with E-state index in [2.05, 4.69) is 5.32 Å². The Morgan fingerprint density at radius 3 is 2.47 bits per heavy atom. The van der Waals surface area contributed by atoms with E-state index in [1.54, 1.807) is 30.8 Å². The minimum absolute atomic E-state index is 0.194. The Balaban J connectivity index is 1.38. The highest BCUT2D eigenvalue weighted by molar-refractivity contribution is 7.99. The summed E-state index contributed by atoms with van der Waals surface area (Å²) in [5.41, 5.74) is 1.34. The van der Waals surface area contributed by atoms with Crippen LogP contribution in [0.15, 0.2) is 87.5 Å². The highest BCUT2D eigenvalue weighted by Crippen LogP contribution is 2.33. The monoisotopic (exact) mass is 498 g/mol. The van der Waals surface area contributed by atoms with Crippen LogP contribution in [-0.2, 0) is 19.6 Å². The van der Waals surface area contributed by atoms with Crippen molar-refractivity contribution in [3.8, 4) is 5.75 Å². The molecule has 3 aromatic rings. The highest BCUT2D eigenvalue weighted by Gasteiger charge is 2.26. The van der Waals surface area contributed by atoms with Gasteiger partial charge in [-0.25, -0.2) is 8.42 Å². The first-order valence-corrected chi connectivity index (χ1v) is 13.1. The number of aryl methyl sites for hydroxylation is 1. The van der Waals surface area contributed by atoms with Gasteiger partial charge in [-0.3, -0.25) is 4.79 Å². The predicted molar refractivity (Wildman–Crippen MR) is 132 cm³/mol. The van der Waals surface area contributed by atoms with Gasteiger partial charge in [0.1, 0.15) is 5.75 Å². The number of nitrogens with zero attached hydrogens (tertiary/aromatic N) is 1. The lowest BCUT2D eigenvalue weighted by Gasteiger charge is -2.26. The van der Waals surface area contributed by atoms with Gasteiger partial charge < -0.3 is 14.8 Å². The molecule has 0 saturated carbocycles. The third kappa shape index (κ3) is 5.98. The molecule has 1 fully saturated rings. The number of para-hydroxylation sites is 1.